The van der Waals surface area contributed by atoms with E-state index >= 15 is 0 Å². The Morgan fingerprint density at radius 2 is 0.592 bits per heavy atom. The van der Waals surface area contributed by atoms with Crippen LogP contribution in [0.5, 0.6) is 0 Å². The van der Waals surface area contributed by atoms with Crippen LogP contribution < -0.4 is 4.90 Å². The Bertz CT molecular complexity index is 3910. The van der Waals surface area contributed by atoms with Gasteiger partial charge in [-0.3, -0.25) is 0 Å². The first-order chi connectivity index (χ1) is 35.2. The molecular formula is C70H43N. The van der Waals surface area contributed by atoms with Crippen LogP contribution in [-0.4, -0.2) is 0 Å². The minimum absolute atomic E-state index is 0.511. The number of fused-ring (bicyclic) bond motifs is 24. The summed E-state index contributed by atoms with van der Waals surface area (Å²) in [7, 11) is 0. The lowest BCUT2D eigenvalue weighted by Crippen LogP contribution is -2.26. The minimum Gasteiger partial charge on any atom is -0.310 e. The van der Waals surface area contributed by atoms with Crippen LogP contribution >= 0.6 is 0 Å². The Balaban J connectivity index is 0.988. The smallest absolute Gasteiger partial charge is 0.0726 e. The standard InChI is InChI=1S/C70H43N/c1-2-16-44(17-3-1)45-30-34-48(35-31-45)71(49-36-38-57-65(42-49)69(63-40-32-46-18-4-6-20-51(46)67(57)63)59-26-12-8-22-53(59)54-23-9-13-27-60(54)69)50-37-39-58-66(43-50)70(64-41-33-47-19-5-7-21-52(47)68(58)64)61-28-14-10-24-55(61)56-25-11-15-29-62(56)70/h1-43H. The Morgan fingerprint density at radius 1 is 0.225 bits per heavy atom. The molecule has 0 bridgehead atoms. The maximum Gasteiger partial charge on any atom is 0.0726 e. The normalized spacial score (nSPS) is 14.1. The van der Waals surface area contributed by atoms with Gasteiger partial charge in [0.1, 0.15) is 0 Å². The average molecular weight is 898 g/mol. The van der Waals surface area contributed by atoms with Crippen LogP contribution in [0, 0.1) is 0 Å². The van der Waals surface area contributed by atoms with Gasteiger partial charge in [-0.2, -0.15) is 0 Å². The summed E-state index contributed by atoms with van der Waals surface area (Å²) in [4.78, 5) is 2.53. The lowest BCUT2D eigenvalue weighted by atomic mass is 9.70. The van der Waals surface area contributed by atoms with E-state index in [9.17, 15) is 0 Å². The molecule has 1 heteroatoms. The molecule has 0 saturated heterocycles. The third-order valence-corrected chi connectivity index (χ3v) is 16.7. The van der Waals surface area contributed by atoms with E-state index in [4.69, 9.17) is 0 Å². The van der Waals surface area contributed by atoms with Crippen molar-refractivity contribution in [3.63, 3.8) is 0 Å². The zero-order valence-corrected chi connectivity index (χ0v) is 38.8. The second-order valence-corrected chi connectivity index (χ2v) is 19.8. The van der Waals surface area contributed by atoms with Gasteiger partial charge in [0, 0.05) is 17.1 Å². The van der Waals surface area contributed by atoms with Crippen molar-refractivity contribution in [1.29, 1.82) is 0 Å². The van der Waals surface area contributed by atoms with Crippen molar-refractivity contribution in [3.8, 4) is 55.6 Å². The highest BCUT2D eigenvalue weighted by molar-refractivity contribution is 6.09. The van der Waals surface area contributed by atoms with Crippen LogP contribution in [0.3, 0.4) is 0 Å². The molecule has 1 nitrogen and oxygen atoms in total. The van der Waals surface area contributed by atoms with Crippen LogP contribution in [-0.2, 0) is 10.8 Å². The molecule has 4 aliphatic carbocycles. The second kappa shape index (κ2) is 14.3. The van der Waals surface area contributed by atoms with Gasteiger partial charge in [-0.1, -0.05) is 224 Å². The van der Waals surface area contributed by atoms with E-state index in [1.165, 1.54) is 122 Å². The van der Waals surface area contributed by atoms with Crippen LogP contribution in [0.1, 0.15) is 44.5 Å². The lowest BCUT2D eigenvalue weighted by molar-refractivity contribution is 0.793. The Hall–Kier alpha value is -9.04. The third kappa shape index (κ3) is 4.95. The molecule has 0 aliphatic heterocycles. The highest BCUT2D eigenvalue weighted by atomic mass is 15.1. The largest absolute Gasteiger partial charge is 0.310 e. The summed E-state index contributed by atoms with van der Waals surface area (Å²) >= 11 is 0. The van der Waals surface area contributed by atoms with E-state index < -0.39 is 10.8 Å². The predicted molar refractivity (Wildman–Crippen MR) is 294 cm³/mol. The predicted octanol–water partition coefficient (Wildman–Crippen LogP) is 17.8. The molecule has 0 amide bonds. The molecule has 0 aromatic heterocycles. The molecule has 4 aliphatic rings. The molecular weight excluding hydrogens is 855 g/mol. The van der Waals surface area contributed by atoms with Gasteiger partial charge in [0.15, 0.2) is 0 Å². The molecule has 0 N–H and O–H groups in total. The minimum atomic E-state index is -0.511. The van der Waals surface area contributed by atoms with Gasteiger partial charge in [-0.25, -0.2) is 0 Å². The summed E-state index contributed by atoms with van der Waals surface area (Å²) in [6, 6.07) is 98.6. The van der Waals surface area contributed by atoms with E-state index in [1.54, 1.807) is 0 Å². The molecule has 328 valence electrons. The fourth-order valence-corrected chi connectivity index (χ4v) is 13.9. The van der Waals surface area contributed by atoms with Gasteiger partial charge >= 0.3 is 0 Å². The van der Waals surface area contributed by atoms with E-state index in [-0.39, 0.29) is 0 Å². The zero-order valence-electron chi connectivity index (χ0n) is 38.8. The molecule has 0 saturated carbocycles. The molecule has 0 radical (unpaired) electrons. The maximum absolute atomic E-state index is 2.54. The summed E-state index contributed by atoms with van der Waals surface area (Å²) in [6.45, 7) is 0. The first kappa shape index (κ1) is 38.9. The van der Waals surface area contributed by atoms with E-state index in [0.29, 0.717) is 0 Å². The number of rotatable bonds is 4. The number of hydrogen-bond acceptors (Lipinski definition) is 1. The Labute approximate surface area is 413 Å². The zero-order chi connectivity index (χ0) is 46.4. The molecule has 2 spiro atoms. The van der Waals surface area contributed by atoms with Crippen molar-refractivity contribution in [2.75, 3.05) is 4.90 Å². The van der Waals surface area contributed by atoms with Crippen molar-refractivity contribution in [2.45, 2.75) is 10.8 Å². The number of anilines is 3. The molecule has 12 aromatic carbocycles. The van der Waals surface area contributed by atoms with Crippen LogP contribution in [0.25, 0.3) is 77.2 Å². The molecule has 71 heavy (non-hydrogen) atoms. The SMILES string of the molecule is c1ccc(-c2ccc(N(c3ccc4c(c3)C3(c5ccccc5-c5ccccc53)c3ccc5ccccc5c3-4)c3ccc4c(c3)C3(c5ccccc5-c5ccccc53)c3ccc5ccccc5c3-4)cc2)cc1. The number of benzene rings is 12. The third-order valence-electron chi connectivity index (χ3n) is 16.7. The first-order valence-electron chi connectivity index (χ1n) is 24.9. The fraction of sp³-hybridized carbons (Fsp3) is 0.0286. The quantitative estimate of drug-likeness (QED) is 0.170. The maximum atomic E-state index is 2.54. The van der Waals surface area contributed by atoms with E-state index in [2.05, 4.69) is 266 Å². The molecule has 0 unspecified atom stereocenters. The van der Waals surface area contributed by atoms with E-state index in [1.807, 2.05) is 0 Å². The van der Waals surface area contributed by atoms with Gasteiger partial charge in [-0.15, -0.1) is 0 Å². The van der Waals surface area contributed by atoms with Crippen LogP contribution in [0.4, 0.5) is 17.1 Å². The second-order valence-electron chi connectivity index (χ2n) is 19.8. The lowest BCUT2D eigenvalue weighted by Gasteiger charge is -2.33. The average Bonchev–Trinajstić information content (AvgIpc) is 4.13. The molecule has 16 rings (SSSR count). The topological polar surface area (TPSA) is 3.24 Å². The summed E-state index contributed by atoms with van der Waals surface area (Å²) in [6.07, 6.45) is 0. The fourth-order valence-electron chi connectivity index (χ4n) is 13.9. The highest BCUT2D eigenvalue weighted by Gasteiger charge is 2.54. The van der Waals surface area contributed by atoms with Crippen LogP contribution in [0.15, 0.2) is 261 Å². The van der Waals surface area contributed by atoms with Gasteiger partial charge in [0.25, 0.3) is 0 Å². The van der Waals surface area contributed by atoms with Gasteiger partial charge in [0.2, 0.25) is 0 Å². The Kier molecular flexibility index (Phi) is 7.81. The summed E-state index contributed by atoms with van der Waals surface area (Å²) < 4.78 is 0. The van der Waals surface area contributed by atoms with Crippen molar-refractivity contribution >= 4 is 38.6 Å². The van der Waals surface area contributed by atoms with Crippen molar-refractivity contribution in [1.82, 2.24) is 0 Å². The van der Waals surface area contributed by atoms with E-state index in [0.717, 1.165) is 17.1 Å². The first-order valence-corrected chi connectivity index (χ1v) is 24.9. The van der Waals surface area contributed by atoms with Crippen LogP contribution in [0.2, 0.25) is 0 Å². The van der Waals surface area contributed by atoms with Gasteiger partial charge in [0.05, 0.1) is 10.8 Å². The molecule has 0 heterocycles. The van der Waals surface area contributed by atoms with Crippen molar-refractivity contribution in [3.05, 3.63) is 305 Å². The van der Waals surface area contributed by atoms with Crippen molar-refractivity contribution < 1.29 is 0 Å². The summed E-state index contributed by atoms with van der Waals surface area (Å²) in [5.74, 6) is 0. The Morgan fingerprint density at radius 3 is 1.04 bits per heavy atom. The van der Waals surface area contributed by atoms with Gasteiger partial charge in [-0.05, 0) is 158 Å². The number of hydrogen-bond donors (Lipinski definition) is 0. The van der Waals surface area contributed by atoms with Gasteiger partial charge < -0.3 is 4.90 Å². The monoisotopic (exact) mass is 897 g/mol. The summed E-state index contributed by atoms with van der Waals surface area (Å²) in [5.41, 5.74) is 25.9. The molecule has 0 atom stereocenters. The van der Waals surface area contributed by atoms with Crippen molar-refractivity contribution in [2.24, 2.45) is 0 Å². The number of nitrogens with zero attached hydrogens (tertiary/aromatic N) is 1. The molecule has 12 aromatic rings. The summed E-state index contributed by atoms with van der Waals surface area (Å²) in [5, 5.41) is 5.10. The highest BCUT2D eigenvalue weighted by Crippen LogP contribution is 2.66. The molecule has 0 fully saturated rings.